The Morgan fingerprint density at radius 3 is 2.21 bits per heavy atom. The third-order valence-electron chi connectivity index (χ3n) is 5.16. The number of hydrogen-bond donors (Lipinski definition) is 3. The second kappa shape index (κ2) is 8.09. The van der Waals surface area contributed by atoms with Crippen LogP contribution in [-0.4, -0.2) is 53.3 Å². The van der Waals surface area contributed by atoms with Gasteiger partial charge in [0.25, 0.3) is 0 Å². The molecule has 9 heteroatoms. The highest BCUT2D eigenvalue weighted by atomic mass is 31.2. The largest absolute Gasteiger partial charge is 0.509 e. The number of rotatable bonds is 8. The van der Waals surface area contributed by atoms with Gasteiger partial charge in [-0.2, -0.15) is 0 Å². The molecule has 0 aliphatic heterocycles. The van der Waals surface area contributed by atoms with Gasteiger partial charge in [-0.1, -0.05) is 30.3 Å². The molecule has 0 spiro atoms. The van der Waals surface area contributed by atoms with Crippen molar-refractivity contribution in [1.82, 2.24) is 0 Å². The average molecular weight is 412 g/mol. The van der Waals surface area contributed by atoms with Gasteiger partial charge in [-0.15, -0.1) is 0 Å². The highest BCUT2D eigenvalue weighted by Crippen LogP contribution is 2.69. The molecule has 1 aromatic rings. The molecular weight excluding hydrogens is 387 g/mol. The molecule has 0 saturated heterocycles. The zero-order valence-electron chi connectivity index (χ0n) is 16.2. The van der Waals surface area contributed by atoms with E-state index in [1.807, 2.05) is 0 Å². The van der Waals surface area contributed by atoms with Gasteiger partial charge >= 0.3 is 5.97 Å². The van der Waals surface area contributed by atoms with Crippen molar-refractivity contribution in [2.75, 3.05) is 21.3 Å². The number of carboxylic acids is 1. The number of hydrogen-bond acceptors (Lipinski definition) is 6. The Kier molecular flexibility index (Phi) is 6.41. The van der Waals surface area contributed by atoms with Crippen LogP contribution in [0, 0.1) is 5.92 Å². The summed E-state index contributed by atoms with van der Waals surface area (Å²) in [7, 11) is -0.894. The van der Waals surface area contributed by atoms with Crippen molar-refractivity contribution >= 4 is 13.3 Å². The van der Waals surface area contributed by atoms with E-state index in [0.717, 1.165) is 14.2 Å². The maximum absolute atomic E-state index is 13.8. The topological polar surface area (TPSA) is 123 Å². The van der Waals surface area contributed by atoms with E-state index in [1.165, 1.54) is 26.2 Å². The molecule has 4 atom stereocenters. The first-order chi connectivity index (χ1) is 13.1. The number of carbonyl (C=O) groups is 1. The molecule has 2 rings (SSSR count). The zero-order valence-corrected chi connectivity index (χ0v) is 17.1. The lowest BCUT2D eigenvalue weighted by Gasteiger charge is -2.52. The van der Waals surface area contributed by atoms with Gasteiger partial charge < -0.3 is 29.3 Å². The molecule has 0 fully saturated rings. The second-order valence-corrected chi connectivity index (χ2v) is 8.83. The van der Waals surface area contributed by atoms with Crippen LogP contribution in [0.1, 0.15) is 12.5 Å². The normalized spacial score (nSPS) is 27.9. The van der Waals surface area contributed by atoms with E-state index in [4.69, 9.17) is 14.2 Å². The molecule has 0 saturated carbocycles. The molecule has 0 bridgehead atoms. The highest BCUT2D eigenvalue weighted by Gasteiger charge is 2.72. The van der Waals surface area contributed by atoms with Gasteiger partial charge in [0.2, 0.25) is 12.7 Å². The molecule has 8 nitrogen and oxygen atoms in total. The van der Waals surface area contributed by atoms with Crippen molar-refractivity contribution in [3.8, 4) is 0 Å². The first-order valence-corrected chi connectivity index (χ1v) is 10.3. The van der Waals surface area contributed by atoms with E-state index in [9.17, 15) is 24.5 Å². The summed E-state index contributed by atoms with van der Waals surface area (Å²) in [6, 6.07) is 8.51. The molecule has 4 unspecified atom stereocenters. The Labute approximate surface area is 163 Å². The van der Waals surface area contributed by atoms with Crippen molar-refractivity contribution < 1.29 is 38.7 Å². The number of ether oxygens (including phenoxy) is 3. The van der Waals surface area contributed by atoms with E-state index in [1.54, 1.807) is 30.3 Å². The highest BCUT2D eigenvalue weighted by molar-refractivity contribution is 7.59. The summed E-state index contributed by atoms with van der Waals surface area (Å²) in [6.07, 6.45) is 2.10. The molecule has 28 heavy (non-hydrogen) atoms. The van der Waals surface area contributed by atoms with Crippen molar-refractivity contribution in [2.24, 2.45) is 5.92 Å². The Hall–Kier alpha value is -2.12. The third kappa shape index (κ3) is 3.06. The van der Waals surface area contributed by atoms with Crippen molar-refractivity contribution in [1.29, 1.82) is 0 Å². The minimum atomic E-state index is -4.47. The van der Waals surface area contributed by atoms with Gasteiger partial charge in [-0.3, -0.25) is 9.36 Å². The van der Waals surface area contributed by atoms with Crippen LogP contribution in [0.15, 0.2) is 54.0 Å². The van der Waals surface area contributed by atoms with Crippen molar-refractivity contribution in [2.45, 2.75) is 24.0 Å². The molecule has 1 aromatic carbocycles. The van der Waals surface area contributed by atoms with Crippen LogP contribution in [-0.2, 0) is 29.7 Å². The molecule has 1 aliphatic rings. The Morgan fingerprint density at radius 2 is 1.75 bits per heavy atom. The van der Waals surface area contributed by atoms with Crippen LogP contribution in [0.4, 0.5) is 0 Å². The summed E-state index contributed by atoms with van der Waals surface area (Å²) in [6.45, 7) is 1.27. The number of aliphatic hydroxyl groups is 1. The Morgan fingerprint density at radius 1 is 1.14 bits per heavy atom. The van der Waals surface area contributed by atoms with Gasteiger partial charge in [0, 0.05) is 14.2 Å². The first-order valence-electron chi connectivity index (χ1n) is 8.49. The summed E-state index contributed by atoms with van der Waals surface area (Å²) in [5, 5.41) is 18.1. The number of methoxy groups -OCH3 is 3. The molecule has 0 aromatic heterocycles. The van der Waals surface area contributed by atoms with E-state index in [0.29, 0.717) is 5.56 Å². The Balaban J connectivity index is 2.82. The summed E-state index contributed by atoms with van der Waals surface area (Å²) < 4.78 is 30.2. The predicted octanol–water partition coefficient (Wildman–Crippen LogP) is 2.89. The molecule has 1 aliphatic carbocycles. The first kappa shape index (κ1) is 22.2. The fourth-order valence-corrected chi connectivity index (χ4v) is 6.47. The summed E-state index contributed by atoms with van der Waals surface area (Å²) in [5.74, 6) is -3.47. The number of allylic oxidation sites excluding steroid dienone is 2. The SMILES string of the molecule is COC1=CC=C(O)C(OC)(C(C)C(=O)O)C1(OC)P(=O)(O)Cc1ccccc1. The third-order valence-corrected chi connectivity index (χ3v) is 7.67. The minimum absolute atomic E-state index is 0.121. The molecule has 154 valence electrons. The minimum Gasteiger partial charge on any atom is -0.509 e. The lowest BCUT2D eigenvalue weighted by atomic mass is 9.77. The van der Waals surface area contributed by atoms with E-state index in [2.05, 4.69) is 0 Å². The summed E-state index contributed by atoms with van der Waals surface area (Å²) in [4.78, 5) is 23.1. The van der Waals surface area contributed by atoms with Crippen LogP contribution in [0.25, 0.3) is 0 Å². The lowest BCUT2D eigenvalue weighted by molar-refractivity contribution is -0.184. The number of aliphatic carboxylic acids is 1. The second-order valence-electron chi connectivity index (χ2n) is 6.48. The fraction of sp³-hybridized carbons (Fsp3) is 0.421. The van der Waals surface area contributed by atoms with Crippen LogP contribution in [0.3, 0.4) is 0 Å². The van der Waals surface area contributed by atoms with E-state index >= 15 is 0 Å². The van der Waals surface area contributed by atoms with Gasteiger partial charge in [0.15, 0.2) is 5.60 Å². The van der Waals surface area contributed by atoms with E-state index in [-0.39, 0.29) is 11.9 Å². The number of carboxylic acid groups (broad SMARTS) is 1. The van der Waals surface area contributed by atoms with Crippen LogP contribution in [0.2, 0.25) is 0 Å². The molecular formula is C19H25O8P. The van der Waals surface area contributed by atoms with Gasteiger partial charge in [0.1, 0.15) is 11.5 Å². The average Bonchev–Trinajstić information content (AvgIpc) is 2.67. The fourth-order valence-electron chi connectivity index (χ4n) is 3.83. The maximum Gasteiger partial charge on any atom is 0.309 e. The standard InChI is InChI=1S/C19H25O8P/c1-13(17(21)22)18(26-3)15(20)10-11-16(25-2)19(18,27-4)28(23,24)12-14-8-6-5-7-9-14/h5-11,13,20H,12H2,1-4H3,(H,21,22)(H,23,24). The quantitative estimate of drug-likeness (QED) is 0.557. The summed E-state index contributed by atoms with van der Waals surface area (Å²) in [5.41, 5.74) is -1.67. The maximum atomic E-state index is 13.8. The number of aliphatic hydroxyl groups excluding tert-OH is 1. The van der Waals surface area contributed by atoms with E-state index < -0.39 is 36.0 Å². The van der Waals surface area contributed by atoms with Crippen molar-refractivity contribution in [3.63, 3.8) is 0 Å². The van der Waals surface area contributed by atoms with Gasteiger partial charge in [-0.05, 0) is 24.6 Å². The smallest absolute Gasteiger partial charge is 0.309 e. The van der Waals surface area contributed by atoms with Crippen LogP contribution < -0.4 is 0 Å². The van der Waals surface area contributed by atoms with Gasteiger partial charge in [-0.25, -0.2) is 0 Å². The Bertz CT molecular complexity index is 834. The monoisotopic (exact) mass is 412 g/mol. The molecule has 0 heterocycles. The van der Waals surface area contributed by atoms with Gasteiger partial charge in [0.05, 0.1) is 19.2 Å². The predicted molar refractivity (Wildman–Crippen MR) is 102 cm³/mol. The van der Waals surface area contributed by atoms with Crippen LogP contribution >= 0.6 is 7.37 Å². The lowest BCUT2D eigenvalue weighted by Crippen LogP contribution is -2.65. The summed E-state index contributed by atoms with van der Waals surface area (Å²) >= 11 is 0. The molecule has 0 radical (unpaired) electrons. The van der Waals surface area contributed by atoms with Crippen molar-refractivity contribution in [3.05, 3.63) is 59.6 Å². The van der Waals surface area contributed by atoms with Crippen LogP contribution in [0.5, 0.6) is 0 Å². The number of benzene rings is 1. The molecule has 0 amide bonds. The molecule has 3 N–H and O–H groups in total. The zero-order chi connectivity index (χ0) is 21.2.